The summed E-state index contributed by atoms with van der Waals surface area (Å²) in [6.45, 7) is 5.51. The van der Waals surface area contributed by atoms with Crippen molar-refractivity contribution >= 4 is 11.6 Å². The number of benzene rings is 1. The van der Waals surface area contributed by atoms with Crippen molar-refractivity contribution in [3.8, 4) is 5.75 Å². The van der Waals surface area contributed by atoms with E-state index in [9.17, 15) is 4.79 Å². The molecule has 19 heavy (non-hydrogen) atoms. The number of hydrogen-bond donors (Lipinski definition) is 3. The van der Waals surface area contributed by atoms with E-state index in [1.54, 1.807) is 7.11 Å². The fourth-order valence-electron chi connectivity index (χ4n) is 2.11. The van der Waals surface area contributed by atoms with Gasteiger partial charge >= 0.3 is 0 Å². The molecule has 2 unspecified atom stereocenters. The summed E-state index contributed by atoms with van der Waals surface area (Å²) in [6, 6.07) is 5.92. The second kappa shape index (κ2) is 6.04. The van der Waals surface area contributed by atoms with Crippen LogP contribution < -0.4 is 20.7 Å². The molecular formula is C14H21N3O2. The van der Waals surface area contributed by atoms with Crippen LogP contribution in [0.25, 0.3) is 0 Å². The average molecular weight is 263 g/mol. The van der Waals surface area contributed by atoms with Crippen LogP contribution in [0.15, 0.2) is 18.2 Å². The second-order valence-corrected chi connectivity index (χ2v) is 4.96. The quantitative estimate of drug-likeness (QED) is 0.758. The molecule has 1 saturated heterocycles. The normalized spacial score (nSPS) is 22.9. The minimum Gasteiger partial charge on any atom is -0.495 e. The number of rotatable bonds is 3. The van der Waals surface area contributed by atoms with Gasteiger partial charge in [-0.3, -0.25) is 4.79 Å². The van der Waals surface area contributed by atoms with Crippen molar-refractivity contribution in [2.45, 2.75) is 25.9 Å². The summed E-state index contributed by atoms with van der Waals surface area (Å²) in [4.78, 5) is 12.2. The van der Waals surface area contributed by atoms with Crippen LogP contribution in [-0.4, -0.2) is 38.2 Å². The summed E-state index contributed by atoms with van der Waals surface area (Å²) in [5.74, 6) is 0.638. The Labute approximate surface area is 113 Å². The monoisotopic (exact) mass is 263 g/mol. The maximum Gasteiger partial charge on any atom is 0.242 e. The van der Waals surface area contributed by atoms with Crippen molar-refractivity contribution < 1.29 is 9.53 Å². The predicted octanol–water partition coefficient (Wildman–Crippen LogP) is 0.892. The van der Waals surface area contributed by atoms with Gasteiger partial charge in [0.2, 0.25) is 5.91 Å². The lowest BCUT2D eigenvalue weighted by atomic mass is 10.1. The molecule has 1 aromatic carbocycles. The number of carbonyl (C=O) groups is 1. The summed E-state index contributed by atoms with van der Waals surface area (Å²) < 4.78 is 5.25. The molecule has 0 spiro atoms. The van der Waals surface area contributed by atoms with Crippen LogP contribution >= 0.6 is 0 Å². The molecule has 104 valence electrons. The number of ether oxygens (including phenoxy) is 1. The van der Waals surface area contributed by atoms with Crippen molar-refractivity contribution in [1.29, 1.82) is 0 Å². The van der Waals surface area contributed by atoms with Gasteiger partial charge in [0.1, 0.15) is 5.75 Å². The SMILES string of the molecule is COc1ccc(C)cc1NC(=O)C1CNC(C)CN1. The van der Waals surface area contributed by atoms with Gasteiger partial charge in [0.05, 0.1) is 18.8 Å². The van der Waals surface area contributed by atoms with Crippen LogP contribution in [-0.2, 0) is 4.79 Å². The van der Waals surface area contributed by atoms with Crippen LogP contribution in [0.3, 0.4) is 0 Å². The van der Waals surface area contributed by atoms with E-state index in [4.69, 9.17) is 4.74 Å². The smallest absolute Gasteiger partial charge is 0.242 e. The van der Waals surface area contributed by atoms with Crippen LogP contribution in [0.2, 0.25) is 0 Å². The number of carbonyl (C=O) groups excluding carboxylic acids is 1. The second-order valence-electron chi connectivity index (χ2n) is 4.96. The van der Waals surface area contributed by atoms with Crippen molar-refractivity contribution in [2.75, 3.05) is 25.5 Å². The molecule has 0 radical (unpaired) electrons. The molecule has 2 atom stereocenters. The van der Waals surface area contributed by atoms with Gasteiger partial charge in [0, 0.05) is 19.1 Å². The van der Waals surface area contributed by atoms with Crippen molar-refractivity contribution in [3.05, 3.63) is 23.8 Å². The minimum atomic E-state index is -0.207. The summed E-state index contributed by atoms with van der Waals surface area (Å²) in [5, 5.41) is 9.43. The molecule has 1 aliphatic rings. The maximum absolute atomic E-state index is 12.2. The Bertz CT molecular complexity index is 454. The third kappa shape index (κ3) is 3.45. The third-order valence-corrected chi connectivity index (χ3v) is 3.27. The molecular weight excluding hydrogens is 242 g/mol. The number of hydrogen-bond acceptors (Lipinski definition) is 4. The van der Waals surface area contributed by atoms with Crippen LogP contribution in [0.5, 0.6) is 5.75 Å². The zero-order valence-corrected chi connectivity index (χ0v) is 11.6. The Morgan fingerprint density at radius 2 is 2.16 bits per heavy atom. The number of aryl methyl sites for hydroxylation is 1. The highest BCUT2D eigenvalue weighted by atomic mass is 16.5. The lowest BCUT2D eigenvalue weighted by Gasteiger charge is -2.28. The molecule has 0 aliphatic carbocycles. The van der Waals surface area contributed by atoms with Gasteiger partial charge in [0.15, 0.2) is 0 Å². The van der Waals surface area contributed by atoms with Crippen LogP contribution in [0, 0.1) is 6.92 Å². The Morgan fingerprint density at radius 1 is 1.37 bits per heavy atom. The molecule has 0 bridgehead atoms. The van der Waals surface area contributed by atoms with Gasteiger partial charge in [-0.05, 0) is 31.5 Å². The molecule has 5 heteroatoms. The summed E-state index contributed by atoms with van der Waals surface area (Å²) >= 11 is 0. The van der Waals surface area contributed by atoms with Gasteiger partial charge in [-0.1, -0.05) is 6.07 Å². The number of amides is 1. The van der Waals surface area contributed by atoms with Gasteiger partial charge in [-0.25, -0.2) is 0 Å². The lowest BCUT2D eigenvalue weighted by molar-refractivity contribution is -0.118. The highest BCUT2D eigenvalue weighted by molar-refractivity contribution is 5.96. The summed E-state index contributed by atoms with van der Waals surface area (Å²) in [6.07, 6.45) is 0. The molecule has 5 nitrogen and oxygen atoms in total. The average Bonchev–Trinajstić information content (AvgIpc) is 2.39. The Hall–Kier alpha value is -1.59. The molecule has 2 rings (SSSR count). The Balaban J connectivity index is 2.04. The van der Waals surface area contributed by atoms with E-state index in [1.165, 1.54) is 0 Å². The van der Waals surface area contributed by atoms with Crippen molar-refractivity contribution in [3.63, 3.8) is 0 Å². The lowest BCUT2D eigenvalue weighted by Crippen LogP contribution is -2.57. The van der Waals surface area contributed by atoms with E-state index in [0.717, 1.165) is 12.1 Å². The molecule has 1 heterocycles. The van der Waals surface area contributed by atoms with Crippen molar-refractivity contribution in [2.24, 2.45) is 0 Å². The van der Waals surface area contributed by atoms with E-state index in [2.05, 4.69) is 22.9 Å². The highest BCUT2D eigenvalue weighted by Crippen LogP contribution is 2.25. The van der Waals surface area contributed by atoms with Crippen LogP contribution in [0.1, 0.15) is 12.5 Å². The Morgan fingerprint density at radius 3 is 2.79 bits per heavy atom. The zero-order valence-electron chi connectivity index (χ0n) is 11.6. The number of nitrogens with one attached hydrogen (secondary N) is 3. The van der Waals surface area contributed by atoms with E-state index < -0.39 is 0 Å². The van der Waals surface area contributed by atoms with E-state index in [1.807, 2.05) is 25.1 Å². The molecule has 1 aliphatic heterocycles. The predicted molar refractivity (Wildman–Crippen MR) is 75.6 cm³/mol. The topological polar surface area (TPSA) is 62.4 Å². The maximum atomic E-state index is 12.2. The van der Waals surface area contributed by atoms with E-state index in [-0.39, 0.29) is 11.9 Å². The highest BCUT2D eigenvalue weighted by Gasteiger charge is 2.23. The first-order chi connectivity index (χ1) is 9.10. The largest absolute Gasteiger partial charge is 0.495 e. The number of methoxy groups -OCH3 is 1. The fourth-order valence-corrected chi connectivity index (χ4v) is 2.11. The van der Waals surface area contributed by atoms with Gasteiger partial charge in [-0.2, -0.15) is 0 Å². The molecule has 0 saturated carbocycles. The van der Waals surface area contributed by atoms with Gasteiger partial charge in [-0.15, -0.1) is 0 Å². The molecule has 1 amide bonds. The first-order valence-corrected chi connectivity index (χ1v) is 6.52. The van der Waals surface area contributed by atoms with Crippen LogP contribution in [0.4, 0.5) is 5.69 Å². The number of anilines is 1. The van der Waals surface area contributed by atoms with Gasteiger partial charge in [0.25, 0.3) is 0 Å². The first-order valence-electron chi connectivity index (χ1n) is 6.52. The molecule has 0 aromatic heterocycles. The Kier molecular flexibility index (Phi) is 4.39. The molecule has 1 aromatic rings. The standard InChI is InChI=1S/C14H21N3O2/c1-9-4-5-13(19-3)11(6-9)17-14(18)12-8-15-10(2)7-16-12/h4-6,10,12,15-16H,7-8H2,1-3H3,(H,17,18). The minimum absolute atomic E-state index is 0.0386. The van der Waals surface area contributed by atoms with E-state index in [0.29, 0.717) is 24.0 Å². The summed E-state index contributed by atoms with van der Waals surface area (Å²) in [5.41, 5.74) is 1.80. The number of piperazine rings is 1. The summed E-state index contributed by atoms with van der Waals surface area (Å²) in [7, 11) is 1.60. The molecule has 1 fully saturated rings. The van der Waals surface area contributed by atoms with Gasteiger partial charge < -0.3 is 20.7 Å². The van der Waals surface area contributed by atoms with Crippen molar-refractivity contribution in [1.82, 2.24) is 10.6 Å². The fraction of sp³-hybridized carbons (Fsp3) is 0.500. The third-order valence-electron chi connectivity index (χ3n) is 3.27. The first kappa shape index (κ1) is 13.8. The zero-order chi connectivity index (χ0) is 13.8. The molecule has 3 N–H and O–H groups in total. The van der Waals surface area contributed by atoms with E-state index >= 15 is 0 Å².